The van der Waals surface area contributed by atoms with Gasteiger partial charge in [-0.05, 0) is 30.9 Å². The van der Waals surface area contributed by atoms with Gasteiger partial charge in [0, 0.05) is 44.6 Å². The van der Waals surface area contributed by atoms with Crippen molar-refractivity contribution in [2.75, 3.05) is 36.5 Å². The van der Waals surface area contributed by atoms with Crippen LogP contribution in [0.5, 0.6) is 0 Å². The molecule has 0 bridgehead atoms. The maximum absolute atomic E-state index is 11.1. The highest BCUT2D eigenvalue weighted by Gasteiger charge is 2.24. The number of rotatable bonds is 6. The molecule has 3 heterocycles. The highest BCUT2D eigenvalue weighted by molar-refractivity contribution is 5.74. The van der Waals surface area contributed by atoms with Gasteiger partial charge in [0.25, 0.3) is 0 Å². The number of piperidine rings is 1. The Morgan fingerprint density at radius 3 is 2.57 bits per heavy atom. The number of carbonyl (C=O) groups is 1. The summed E-state index contributed by atoms with van der Waals surface area (Å²) in [6.07, 6.45) is 6.05. The zero-order valence-electron chi connectivity index (χ0n) is 16.8. The lowest BCUT2D eigenvalue weighted by molar-refractivity contribution is 0.125. The molecule has 1 amide bonds. The first-order chi connectivity index (χ1) is 14.6. The van der Waals surface area contributed by atoms with E-state index in [-0.39, 0.29) is 0 Å². The summed E-state index contributed by atoms with van der Waals surface area (Å²) < 4.78 is 0. The molecule has 9 heteroatoms. The van der Waals surface area contributed by atoms with E-state index in [4.69, 9.17) is 5.11 Å². The van der Waals surface area contributed by atoms with Gasteiger partial charge in [-0.1, -0.05) is 18.2 Å². The van der Waals surface area contributed by atoms with Crippen LogP contribution in [0.1, 0.15) is 12.8 Å². The second-order valence-corrected chi connectivity index (χ2v) is 7.46. The third kappa shape index (κ3) is 4.35. The van der Waals surface area contributed by atoms with Crippen LogP contribution >= 0.6 is 0 Å². The number of aromatic nitrogens is 4. The van der Waals surface area contributed by atoms with E-state index in [1.165, 1.54) is 4.90 Å². The van der Waals surface area contributed by atoms with E-state index in [0.717, 1.165) is 42.4 Å². The Labute approximate surface area is 175 Å². The number of H-pyrrole nitrogens is 1. The van der Waals surface area contributed by atoms with Gasteiger partial charge in [0.05, 0.1) is 11.9 Å². The third-order valence-electron chi connectivity index (χ3n) is 5.43. The van der Waals surface area contributed by atoms with Crippen molar-refractivity contribution in [1.29, 1.82) is 0 Å². The lowest BCUT2D eigenvalue weighted by atomic mass is 9.96. The summed E-state index contributed by atoms with van der Waals surface area (Å²) in [5.41, 5.74) is 1.86. The van der Waals surface area contributed by atoms with Crippen molar-refractivity contribution < 1.29 is 9.90 Å². The van der Waals surface area contributed by atoms with Crippen LogP contribution in [0.25, 0.3) is 0 Å². The second kappa shape index (κ2) is 8.81. The smallest absolute Gasteiger partial charge is 0.407 e. The van der Waals surface area contributed by atoms with Crippen LogP contribution in [0, 0.1) is 5.92 Å². The predicted octanol–water partition coefficient (Wildman–Crippen LogP) is 3.50. The molecule has 1 saturated heterocycles. The van der Waals surface area contributed by atoms with Gasteiger partial charge in [0.15, 0.2) is 0 Å². The minimum absolute atomic E-state index is 0.433. The Morgan fingerprint density at radius 2 is 1.90 bits per heavy atom. The SMILES string of the molecule is CN(CC1CCN(C(=O)O)CC1)c1cc(N(c2ccccc2)c2cn[nH]c2)ncn1. The molecule has 2 N–H and O–H groups in total. The molecule has 0 aliphatic carbocycles. The summed E-state index contributed by atoms with van der Waals surface area (Å²) in [4.78, 5) is 25.7. The number of nitrogens with one attached hydrogen (secondary N) is 1. The Kier molecular flexibility index (Phi) is 5.78. The van der Waals surface area contributed by atoms with Gasteiger partial charge in [-0.25, -0.2) is 14.8 Å². The number of benzene rings is 1. The lowest BCUT2D eigenvalue weighted by Gasteiger charge is -2.32. The number of likely N-dealkylation sites (tertiary alicyclic amines) is 1. The predicted molar refractivity (Wildman–Crippen MR) is 114 cm³/mol. The molecule has 1 fully saturated rings. The van der Waals surface area contributed by atoms with E-state index in [9.17, 15) is 4.79 Å². The van der Waals surface area contributed by atoms with Crippen molar-refractivity contribution in [1.82, 2.24) is 25.1 Å². The standard InChI is InChI=1S/C21H25N7O2/c1-26(14-16-7-9-27(10-8-16)21(29)30)19-11-20(23-15-22-19)28(18-12-24-25-13-18)17-5-3-2-4-6-17/h2-6,11-13,15-16H,7-10,14H2,1H3,(H,24,25)(H,29,30). The summed E-state index contributed by atoms with van der Waals surface area (Å²) >= 11 is 0. The molecule has 0 spiro atoms. The van der Waals surface area contributed by atoms with Crippen molar-refractivity contribution in [2.45, 2.75) is 12.8 Å². The van der Waals surface area contributed by atoms with E-state index in [0.29, 0.717) is 19.0 Å². The minimum Gasteiger partial charge on any atom is -0.465 e. The summed E-state index contributed by atoms with van der Waals surface area (Å²) in [6, 6.07) is 12.0. The molecule has 9 nitrogen and oxygen atoms in total. The molecule has 0 atom stereocenters. The van der Waals surface area contributed by atoms with Crippen molar-refractivity contribution in [3.63, 3.8) is 0 Å². The molecule has 156 valence electrons. The average Bonchev–Trinajstić information content (AvgIpc) is 3.29. The minimum atomic E-state index is -0.831. The maximum atomic E-state index is 11.1. The monoisotopic (exact) mass is 407 g/mol. The van der Waals surface area contributed by atoms with Crippen molar-refractivity contribution >= 4 is 29.1 Å². The van der Waals surface area contributed by atoms with Gasteiger partial charge < -0.3 is 14.9 Å². The molecule has 1 aliphatic heterocycles. The van der Waals surface area contributed by atoms with E-state index in [2.05, 4.69) is 25.1 Å². The molecule has 3 aromatic rings. The van der Waals surface area contributed by atoms with Crippen LogP contribution in [0.2, 0.25) is 0 Å². The molecule has 0 unspecified atom stereocenters. The Bertz CT molecular complexity index is 957. The Balaban J connectivity index is 1.52. The van der Waals surface area contributed by atoms with E-state index in [1.54, 1.807) is 12.5 Å². The molecule has 4 rings (SSSR count). The van der Waals surface area contributed by atoms with Crippen LogP contribution in [0.4, 0.5) is 27.8 Å². The quantitative estimate of drug-likeness (QED) is 0.645. The van der Waals surface area contributed by atoms with Gasteiger partial charge in [-0.2, -0.15) is 5.10 Å². The number of aromatic amines is 1. The molecule has 2 aromatic heterocycles. The number of anilines is 4. The van der Waals surface area contributed by atoms with Crippen LogP contribution in [-0.2, 0) is 0 Å². The van der Waals surface area contributed by atoms with Gasteiger partial charge in [0.1, 0.15) is 18.0 Å². The van der Waals surface area contributed by atoms with Crippen LogP contribution in [0.3, 0.4) is 0 Å². The number of para-hydroxylation sites is 1. The maximum Gasteiger partial charge on any atom is 0.407 e. The van der Waals surface area contributed by atoms with Crippen LogP contribution in [-0.4, -0.2) is 62.9 Å². The number of amides is 1. The molecule has 0 saturated carbocycles. The Morgan fingerprint density at radius 1 is 1.17 bits per heavy atom. The first-order valence-corrected chi connectivity index (χ1v) is 9.97. The average molecular weight is 407 g/mol. The molecular weight excluding hydrogens is 382 g/mol. The highest BCUT2D eigenvalue weighted by atomic mass is 16.4. The number of hydrogen-bond donors (Lipinski definition) is 2. The van der Waals surface area contributed by atoms with Gasteiger partial charge in [-0.15, -0.1) is 0 Å². The first-order valence-electron chi connectivity index (χ1n) is 9.97. The van der Waals surface area contributed by atoms with Gasteiger partial charge in [-0.3, -0.25) is 10.00 Å². The largest absolute Gasteiger partial charge is 0.465 e. The van der Waals surface area contributed by atoms with E-state index in [1.807, 2.05) is 54.5 Å². The molecular formula is C21H25N7O2. The van der Waals surface area contributed by atoms with Gasteiger partial charge >= 0.3 is 6.09 Å². The summed E-state index contributed by atoms with van der Waals surface area (Å²) in [7, 11) is 2.01. The summed E-state index contributed by atoms with van der Waals surface area (Å²) in [5.74, 6) is 2.01. The zero-order chi connectivity index (χ0) is 20.9. The third-order valence-corrected chi connectivity index (χ3v) is 5.43. The zero-order valence-corrected chi connectivity index (χ0v) is 16.8. The Hall–Kier alpha value is -3.62. The van der Waals surface area contributed by atoms with Crippen LogP contribution < -0.4 is 9.80 Å². The number of carboxylic acid groups (broad SMARTS) is 1. The second-order valence-electron chi connectivity index (χ2n) is 7.46. The molecule has 30 heavy (non-hydrogen) atoms. The molecule has 1 aliphatic rings. The highest BCUT2D eigenvalue weighted by Crippen LogP contribution is 2.33. The molecule has 0 radical (unpaired) electrons. The first kappa shape index (κ1) is 19.7. The van der Waals surface area contributed by atoms with Crippen LogP contribution in [0.15, 0.2) is 55.1 Å². The van der Waals surface area contributed by atoms with E-state index < -0.39 is 6.09 Å². The number of hydrogen-bond acceptors (Lipinski definition) is 6. The van der Waals surface area contributed by atoms with E-state index >= 15 is 0 Å². The fourth-order valence-electron chi connectivity index (χ4n) is 3.81. The lowest BCUT2D eigenvalue weighted by Crippen LogP contribution is -2.40. The normalized spacial score (nSPS) is 14.5. The fraction of sp³-hybridized carbons (Fsp3) is 0.333. The molecule has 1 aromatic carbocycles. The van der Waals surface area contributed by atoms with Crippen molar-refractivity contribution in [3.8, 4) is 0 Å². The van der Waals surface area contributed by atoms with Crippen molar-refractivity contribution in [2.24, 2.45) is 5.92 Å². The number of nitrogens with zero attached hydrogens (tertiary/aromatic N) is 6. The fourth-order valence-corrected chi connectivity index (χ4v) is 3.81. The summed E-state index contributed by atoms with van der Waals surface area (Å²) in [6.45, 7) is 2.00. The van der Waals surface area contributed by atoms with Gasteiger partial charge in [0.2, 0.25) is 0 Å². The van der Waals surface area contributed by atoms with Crippen molar-refractivity contribution in [3.05, 3.63) is 55.1 Å². The summed E-state index contributed by atoms with van der Waals surface area (Å²) in [5, 5.41) is 16.1. The topological polar surface area (TPSA) is 101 Å².